The molecular formula is C18H30N2O3. The summed E-state index contributed by atoms with van der Waals surface area (Å²) >= 11 is 0. The van der Waals surface area contributed by atoms with Crippen LogP contribution in [-0.2, 0) is 16.0 Å². The predicted molar refractivity (Wildman–Crippen MR) is 94.4 cm³/mol. The van der Waals surface area contributed by atoms with Crippen molar-refractivity contribution in [3.63, 3.8) is 0 Å². The lowest BCUT2D eigenvalue weighted by Gasteiger charge is -2.28. The fourth-order valence-electron chi connectivity index (χ4n) is 2.72. The van der Waals surface area contributed by atoms with Crippen molar-refractivity contribution in [3.8, 4) is 5.75 Å². The van der Waals surface area contributed by atoms with E-state index in [1.807, 2.05) is 0 Å². The van der Waals surface area contributed by atoms with E-state index in [1.54, 1.807) is 12.1 Å². The second kappa shape index (κ2) is 8.65. The van der Waals surface area contributed by atoms with Crippen LogP contribution in [-0.4, -0.2) is 20.2 Å². The van der Waals surface area contributed by atoms with Gasteiger partial charge in [0, 0.05) is 11.6 Å². The minimum absolute atomic E-state index is 0.115. The maximum atomic E-state index is 11.1. The maximum Gasteiger partial charge on any atom is 0.310 e. The molecule has 1 saturated carbocycles. The van der Waals surface area contributed by atoms with Gasteiger partial charge in [0.1, 0.15) is 5.75 Å². The lowest BCUT2D eigenvalue weighted by atomic mass is 9.78. The van der Waals surface area contributed by atoms with Crippen LogP contribution in [0.3, 0.4) is 0 Å². The standard InChI is InChI=1S/C10H14N2O3.C8H16/c1-14-9-5-8(12)7(11)3-6(9)4-10(13)15-2;1-8(2)6-4-3-5-7-8/h3,5H,4,11-12H2,1-2H3;3-7H2,1-2H3. The predicted octanol–water partition coefficient (Wildman–Crippen LogP) is 3.55. The Bertz CT molecular complexity index is 519. The molecule has 0 amide bonds. The molecule has 0 atom stereocenters. The summed E-state index contributed by atoms with van der Waals surface area (Å²) in [6.45, 7) is 4.76. The lowest BCUT2D eigenvalue weighted by Crippen LogP contribution is -2.14. The van der Waals surface area contributed by atoms with Crippen LogP contribution in [0.2, 0.25) is 0 Å². The minimum atomic E-state index is -0.350. The van der Waals surface area contributed by atoms with Crippen LogP contribution in [0.5, 0.6) is 5.75 Å². The van der Waals surface area contributed by atoms with Gasteiger partial charge in [-0.05, 0) is 24.3 Å². The van der Waals surface area contributed by atoms with Crippen molar-refractivity contribution < 1.29 is 14.3 Å². The number of ether oxygens (including phenoxy) is 2. The Kier molecular flexibility index (Phi) is 7.20. The number of rotatable bonds is 3. The van der Waals surface area contributed by atoms with Gasteiger partial charge in [0.15, 0.2) is 0 Å². The molecule has 1 aromatic rings. The number of esters is 1. The molecule has 0 heterocycles. The molecule has 5 nitrogen and oxygen atoms in total. The van der Waals surface area contributed by atoms with Gasteiger partial charge in [-0.2, -0.15) is 0 Å². The van der Waals surface area contributed by atoms with E-state index in [9.17, 15) is 4.79 Å². The molecule has 1 aliphatic rings. The molecule has 1 aromatic carbocycles. The summed E-state index contributed by atoms with van der Waals surface area (Å²) in [5, 5.41) is 0. The average Bonchev–Trinajstić information content (AvgIpc) is 2.51. The van der Waals surface area contributed by atoms with Gasteiger partial charge < -0.3 is 20.9 Å². The molecule has 0 aromatic heterocycles. The third-order valence-electron chi connectivity index (χ3n) is 4.26. The molecule has 23 heavy (non-hydrogen) atoms. The molecule has 0 unspecified atom stereocenters. The number of benzene rings is 1. The number of methoxy groups -OCH3 is 2. The number of nitrogens with two attached hydrogens (primary N) is 2. The van der Waals surface area contributed by atoms with E-state index in [2.05, 4.69) is 18.6 Å². The van der Waals surface area contributed by atoms with E-state index in [-0.39, 0.29) is 12.4 Å². The number of carbonyl (C=O) groups excluding carboxylic acids is 1. The van der Waals surface area contributed by atoms with Crippen LogP contribution in [0, 0.1) is 5.41 Å². The number of hydrogen-bond acceptors (Lipinski definition) is 5. The summed E-state index contributed by atoms with van der Waals surface area (Å²) < 4.78 is 9.64. The van der Waals surface area contributed by atoms with Crippen molar-refractivity contribution in [1.82, 2.24) is 0 Å². The SMILES string of the molecule is CC1(C)CCCCC1.COC(=O)Cc1cc(N)c(N)cc1OC. The summed E-state index contributed by atoms with van der Waals surface area (Å²) in [5.74, 6) is 0.185. The summed E-state index contributed by atoms with van der Waals surface area (Å²) in [7, 11) is 2.83. The van der Waals surface area contributed by atoms with E-state index in [4.69, 9.17) is 16.2 Å². The van der Waals surface area contributed by atoms with E-state index in [0.717, 1.165) is 0 Å². The highest BCUT2D eigenvalue weighted by Gasteiger charge is 2.19. The molecule has 130 valence electrons. The molecule has 2 rings (SSSR count). The second-order valence-corrected chi connectivity index (χ2v) is 6.77. The molecule has 0 radical (unpaired) electrons. The average molecular weight is 322 g/mol. The smallest absolute Gasteiger partial charge is 0.310 e. The second-order valence-electron chi connectivity index (χ2n) is 6.77. The normalized spacial score (nSPS) is 16.0. The highest BCUT2D eigenvalue weighted by atomic mass is 16.5. The molecule has 0 saturated heterocycles. The van der Waals surface area contributed by atoms with E-state index >= 15 is 0 Å². The third-order valence-corrected chi connectivity index (χ3v) is 4.26. The van der Waals surface area contributed by atoms with Gasteiger partial charge in [-0.3, -0.25) is 4.79 Å². The largest absolute Gasteiger partial charge is 0.496 e. The van der Waals surface area contributed by atoms with Crippen LogP contribution >= 0.6 is 0 Å². The Hall–Kier alpha value is -1.91. The van der Waals surface area contributed by atoms with Crippen molar-refractivity contribution in [2.24, 2.45) is 5.41 Å². The number of hydrogen-bond donors (Lipinski definition) is 2. The first-order chi connectivity index (χ1) is 10.8. The topological polar surface area (TPSA) is 87.6 Å². The van der Waals surface area contributed by atoms with Crippen LogP contribution in [0.15, 0.2) is 12.1 Å². The summed E-state index contributed by atoms with van der Waals surface area (Å²) in [6.07, 6.45) is 7.42. The zero-order valence-corrected chi connectivity index (χ0v) is 14.8. The Morgan fingerprint density at radius 2 is 1.65 bits per heavy atom. The van der Waals surface area contributed by atoms with Crippen molar-refractivity contribution in [1.29, 1.82) is 0 Å². The van der Waals surface area contributed by atoms with Crippen molar-refractivity contribution in [2.75, 3.05) is 25.7 Å². The monoisotopic (exact) mass is 322 g/mol. The number of carbonyl (C=O) groups is 1. The molecule has 1 fully saturated rings. The fraction of sp³-hybridized carbons (Fsp3) is 0.611. The van der Waals surface area contributed by atoms with Gasteiger partial charge in [-0.1, -0.05) is 33.1 Å². The van der Waals surface area contributed by atoms with Crippen molar-refractivity contribution >= 4 is 17.3 Å². The zero-order valence-electron chi connectivity index (χ0n) is 14.8. The molecular weight excluding hydrogens is 292 g/mol. The van der Waals surface area contributed by atoms with Crippen molar-refractivity contribution in [2.45, 2.75) is 52.4 Å². The lowest BCUT2D eigenvalue weighted by molar-refractivity contribution is -0.139. The summed E-state index contributed by atoms with van der Waals surface area (Å²) in [4.78, 5) is 11.1. The number of nitrogen functional groups attached to an aromatic ring is 2. The quantitative estimate of drug-likeness (QED) is 0.656. The first-order valence-corrected chi connectivity index (χ1v) is 8.08. The van der Waals surface area contributed by atoms with Gasteiger partial charge >= 0.3 is 5.97 Å². The van der Waals surface area contributed by atoms with Crippen LogP contribution in [0.25, 0.3) is 0 Å². The van der Waals surface area contributed by atoms with Crippen molar-refractivity contribution in [3.05, 3.63) is 17.7 Å². The van der Waals surface area contributed by atoms with Crippen LogP contribution in [0.4, 0.5) is 11.4 Å². The first kappa shape index (κ1) is 19.1. The van der Waals surface area contributed by atoms with Gasteiger partial charge in [-0.15, -0.1) is 0 Å². The van der Waals surface area contributed by atoms with Gasteiger partial charge in [0.05, 0.1) is 32.0 Å². The van der Waals surface area contributed by atoms with Crippen LogP contribution in [0.1, 0.15) is 51.5 Å². The van der Waals surface area contributed by atoms with E-state index < -0.39 is 0 Å². The van der Waals surface area contributed by atoms with Crippen LogP contribution < -0.4 is 16.2 Å². The van der Waals surface area contributed by atoms with Gasteiger partial charge in [0.25, 0.3) is 0 Å². The first-order valence-electron chi connectivity index (χ1n) is 8.08. The zero-order chi connectivity index (χ0) is 17.5. The molecule has 4 N–H and O–H groups in total. The Labute approximate surface area is 139 Å². The summed E-state index contributed by atoms with van der Waals surface area (Å²) in [6, 6.07) is 3.21. The van der Waals surface area contributed by atoms with Gasteiger partial charge in [0.2, 0.25) is 0 Å². The highest BCUT2D eigenvalue weighted by Crippen LogP contribution is 2.34. The van der Waals surface area contributed by atoms with E-state index in [1.165, 1.54) is 46.3 Å². The van der Waals surface area contributed by atoms with E-state index in [0.29, 0.717) is 28.1 Å². The minimum Gasteiger partial charge on any atom is -0.496 e. The van der Waals surface area contributed by atoms with Gasteiger partial charge in [-0.25, -0.2) is 0 Å². The molecule has 0 spiro atoms. The maximum absolute atomic E-state index is 11.1. The molecule has 5 heteroatoms. The highest BCUT2D eigenvalue weighted by molar-refractivity contribution is 5.76. The third kappa shape index (κ3) is 6.38. The number of anilines is 2. The Balaban J connectivity index is 0.000000277. The molecule has 0 bridgehead atoms. The Morgan fingerprint density at radius 3 is 2.09 bits per heavy atom. The fourth-order valence-corrected chi connectivity index (χ4v) is 2.72. The molecule has 1 aliphatic carbocycles. The Morgan fingerprint density at radius 1 is 1.09 bits per heavy atom. The summed E-state index contributed by atoms with van der Waals surface area (Å²) in [5.41, 5.74) is 13.4. The molecule has 0 aliphatic heterocycles.